The first-order valence-corrected chi connectivity index (χ1v) is 8.49. The summed E-state index contributed by atoms with van der Waals surface area (Å²) >= 11 is -2.95. The highest BCUT2D eigenvalue weighted by Gasteiger charge is 2.51. The highest BCUT2D eigenvalue weighted by atomic mass is 32.2. The summed E-state index contributed by atoms with van der Waals surface area (Å²) < 4.78 is 21.4. The smallest absolute Gasteiger partial charge is 0.328 e. The van der Waals surface area contributed by atoms with Gasteiger partial charge in [0.15, 0.2) is 6.04 Å². The number of nitrogens with zero attached hydrogens (tertiary/aromatic N) is 4. The van der Waals surface area contributed by atoms with E-state index in [1.54, 1.807) is 6.92 Å². The van der Waals surface area contributed by atoms with Gasteiger partial charge in [0, 0.05) is 31.1 Å². The lowest BCUT2D eigenvalue weighted by molar-refractivity contribution is -0.161. The van der Waals surface area contributed by atoms with Crippen LogP contribution in [0.1, 0.15) is 30.6 Å². The molecule has 26 heavy (non-hydrogen) atoms. The van der Waals surface area contributed by atoms with E-state index in [1.807, 2.05) is 0 Å². The van der Waals surface area contributed by atoms with Crippen LogP contribution in [0.5, 0.6) is 0 Å². The van der Waals surface area contributed by atoms with Crippen molar-refractivity contribution in [3.05, 3.63) is 24.3 Å². The van der Waals surface area contributed by atoms with Crippen LogP contribution in [0, 0.1) is 0 Å². The molecule has 2 heterocycles. The molecule has 12 heteroatoms. The molecule has 2 N–H and O–H groups in total. The van der Waals surface area contributed by atoms with E-state index in [-0.39, 0.29) is 12.0 Å². The van der Waals surface area contributed by atoms with E-state index in [2.05, 4.69) is 20.5 Å². The molecule has 0 bridgehead atoms. The number of amides is 2. The summed E-state index contributed by atoms with van der Waals surface area (Å²) in [5.41, 5.74) is 2.16. The molecular formula is C14H16N5O6S-. The maximum atomic E-state index is 11.9. The van der Waals surface area contributed by atoms with Crippen LogP contribution in [-0.2, 0) is 20.7 Å². The number of aromatic nitrogens is 2. The van der Waals surface area contributed by atoms with E-state index in [0.717, 1.165) is 18.0 Å². The van der Waals surface area contributed by atoms with Crippen LogP contribution in [-0.4, -0.2) is 69.6 Å². The van der Waals surface area contributed by atoms with Gasteiger partial charge in [-0.2, -0.15) is 5.10 Å². The number of nitrogens with one attached hydrogen (secondary N) is 1. The molecule has 2 rings (SSSR count). The monoisotopic (exact) mass is 382 g/mol. The summed E-state index contributed by atoms with van der Waals surface area (Å²) in [4.78, 5) is 43.6. The highest BCUT2D eigenvalue weighted by Crippen LogP contribution is 2.30. The largest absolute Gasteiger partial charge is 0.772 e. The maximum Gasteiger partial charge on any atom is 0.328 e. The molecule has 1 aliphatic rings. The maximum absolute atomic E-state index is 11.9. The summed E-state index contributed by atoms with van der Waals surface area (Å²) in [7, 11) is 0. The number of carbonyl (C=O) groups excluding carboxylic acids is 2. The van der Waals surface area contributed by atoms with Gasteiger partial charge in [0.05, 0.1) is 10.3 Å². The van der Waals surface area contributed by atoms with Crippen LogP contribution in [0.4, 0.5) is 0 Å². The van der Waals surface area contributed by atoms with Crippen LogP contribution in [0.25, 0.3) is 0 Å². The minimum absolute atomic E-state index is 0.0796. The first kappa shape index (κ1) is 19.6. The molecule has 4 atom stereocenters. The number of carbonyl (C=O) groups is 3. The van der Waals surface area contributed by atoms with Crippen molar-refractivity contribution in [1.29, 1.82) is 0 Å². The fourth-order valence-electron chi connectivity index (χ4n) is 2.53. The van der Waals surface area contributed by atoms with E-state index < -0.39 is 45.7 Å². The third-order valence-electron chi connectivity index (χ3n) is 3.96. The van der Waals surface area contributed by atoms with Crippen molar-refractivity contribution in [2.75, 3.05) is 0 Å². The number of hydrazone groups is 1. The second-order valence-electron chi connectivity index (χ2n) is 5.84. The molecule has 1 unspecified atom stereocenters. The van der Waals surface area contributed by atoms with Crippen LogP contribution in [0.15, 0.2) is 23.8 Å². The normalized spacial score (nSPS) is 21.6. The molecule has 2 amide bonds. The van der Waals surface area contributed by atoms with Crippen LogP contribution in [0.3, 0.4) is 0 Å². The Morgan fingerprint density at radius 2 is 2.15 bits per heavy atom. The Labute approximate surface area is 150 Å². The lowest BCUT2D eigenvalue weighted by Crippen LogP contribution is -2.67. The number of carboxylic acids is 1. The fraction of sp³-hybridized carbons (Fsp3) is 0.429. The first-order chi connectivity index (χ1) is 12.2. The van der Waals surface area contributed by atoms with Gasteiger partial charge < -0.3 is 14.6 Å². The minimum atomic E-state index is -2.95. The van der Waals surface area contributed by atoms with Gasteiger partial charge in [-0.3, -0.25) is 13.8 Å². The average Bonchev–Trinajstić information content (AvgIpc) is 2.59. The number of hydrogen-bond donors (Lipinski definition) is 2. The Hall–Kier alpha value is -2.73. The van der Waals surface area contributed by atoms with Crippen LogP contribution < -0.4 is 5.43 Å². The van der Waals surface area contributed by atoms with Crippen molar-refractivity contribution in [3.63, 3.8) is 0 Å². The van der Waals surface area contributed by atoms with E-state index in [0.29, 0.717) is 0 Å². The van der Waals surface area contributed by atoms with Gasteiger partial charge in [0.25, 0.3) is 5.91 Å². The van der Waals surface area contributed by atoms with Gasteiger partial charge in [-0.1, -0.05) is 0 Å². The highest BCUT2D eigenvalue weighted by molar-refractivity contribution is 7.81. The molecule has 0 radical (unpaired) electrons. The molecule has 1 aromatic heterocycles. The zero-order valence-electron chi connectivity index (χ0n) is 13.9. The fourth-order valence-corrected chi connectivity index (χ4v) is 3.07. The summed E-state index contributed by atoms with van der Waals surface area (Å²) in [6.45, 7) is 2.72. The number of rotatable bonds is 7. The zero-order valence-corrected chi connectivity index (χ0v) is 14.7. The number of aliphatic carboxylic acids is 1. The third kappa shape index (κ3) is 3.75. The average molecular weight is 382 g/mol. The standard InChI is InChI=1S/C14H17N5O6S/c1-8-3-10(20)19(8)11(13(22)23)14(2,26(24)25)6-17-18-12(21)9-4-15-7-16-5-9/h4-8,11H,3H2,1-2H3,(H,18,21)(H,22,23)(H,24,25)/p-1/b17-6+/t8-,11+,14+/m1/s1. The summed E-state index contributed by atoms with van der Waals surface area (Å²) in [6, 6.07) is -2.10. The van der Waals surface area contributed by atoms with Crippen molar-refractivity contribution in [1.82, 2.24) is 20.3 Å². The SMILES string of the molecule is C[C@@H]1CC(=O)N1[C@@H](C(=O)O)[C@](C)(/C=N/NC(=O)c1cncnc1)S(=O)[O-]. The molecule has 1 aromatic rings. The molecule has 11 nitrogen and oxygen atoms in total. The Bertz CT molecular complexity index is 772. The van der Waals surface area contributed by atoms with Crippen LogP contribution >= 0.6 is 0 Å². The van der Waals surface area contributed by atoms with Gasteiger partial charge in [-0.25, -0.2) is 20.2 Å². The number of likely N-dealkylation sites (tertiary alicyclic amines) is 1. The molecular weight excluding hydrogens is 366 g/mol. The Balaban J connectivity index is 2.24. The van der Waals surface area contributed by atoms with Crippen molar-refractivity contribution in [2.24, 2.45) is 5.10 Å². The lowest BCUT2D eigenvalue weighted by Gasteiger charge is -2.48. The first-order valence-electron chi connectivity index (χ1n) is 7.41. The van der Waals surface area contributed by atoms with E-state index in [4.69, 9.17) is 0 Å². The second kappa shape index (κ2) is 7.66. The molecule has 1 fully saturated rings. The lowest BCUT2D eigenvalue weighted by atomic mass is 9.92. The van der Waals surface area contributed by atoms with E-state index in [9.17, 15) is 28.3 Å². The quantitative estimate of drug-likeness (QED) is 0.260. The summed E-state index contributed by atoms with van der Waals surface area (Å²) in [6.07, 6.45) is 4.59. The van der Waals surface area contributed by atoms with Crippen molar-refractivity contribution in [3.8, 4) is 0 Å². The molecule has 1 aliphatic heterocycles. The second-order valence-corrected chi connectivity index (χ2v) is 7.19. The van der Waals surface area contributed by atoms with Crippen molar-refractivity contribution >= 4 is 35.1 Å². The Morgan fingerprint density at radius 1 is 1.54 bits per heavy atom. The number of carboxylic acid groups (broad SMARTS) is 1. The predicted molar refractivity (Wildman–Crippen MR) is 87.7 cm³/mol. The molecule has 0 saturated carbocycles. The minimum Gasteiger partial charge on any atom is -0.772 e. The van der Waals surface area contributed by atoms with Gasteiger partial charge in [0.1, 0.15) is 6.33 Å². The van der Waals surface area contributed by atoms with Gasteiger partial charge in [-0.05, 0) is 24.9 Å². The molecule has 1 saturated heterocycles. The molecule has 0 spiro atoms. The molecule has 0 aliphatic carbocycles. The topological polar surface area (TPSA) is 165 Å². The van der Waals surface area contributed by atoms with Gasteiger partial charge in [0.2, 0.25) is 5.91 Å². The van der Waals surface area contributed by atoms with E-state index in [1.165, 1.54) is 18.7 Å². The predicted octanol–water partition coefficient (Wildman–Crippen LogP) is -1.10. The molecule has 140 valence electrons. The van der Waals surface area contributed by atoms with Crippen molar-refractivity contribution < 1.29 is 28.3 Å². The molecule has 0 aromatic carbocycles. The zero-order chi connectivity index (χ0) is 19.5. The third-order valence-corrected chi connectivity index (χ3v) is 5.00. The van der Waals surface area contributed by atoms with Crippen molar-refractivity contribution in [2.45, 2.75) is 37.1 Å². The Kier molecular flexibility index (Phi) is 5.77. The summed E-state index contributed by atoms with van der Waals surface area (Å²) in [5.74, 6) is -2.67. The van der Waals surface area contributed by atoms with E-state index >= 15 is 0 Å². The number of β-lactam (4-membered cyclic amide) rings is 1. The van der Waals surface area contributed by atoms with Gasteiger partial charge >= 0.3 is 5.97 Å². The Morgan fingerprint density at radius 3 is 2.62 bits per heavy atom. The summed E-state index contributed by atoms with van der Waals surface area (Å²) in [5, 5.41) is 13.0. The van der Waals surface area contributed by atoms with Crippen LogP contribution in [0.2, 0.25) is 0 Å². The van der Waals surface area contributed by atoms with Gasteiger partial charge in [-0.15, -0.1) is 0 Å². The number of hydrogen-bond acceptors (Lipinski definition) is 8.